The maximum atomic E-state index is 13.2. The first-order chi connectivity index (χ1) is 13.3. The molecule has 0 heterocycles. The van der Waals surface area contributed by atoms with Crippen molar-refractivity contribution in [3.63, 3.8) is 0 Å². The van der Waals surface area contributed by atoms with Crippen molar-refractivity contribution in [1.29, 1.82) is 0 Å². The number of ketones is 2. The summed E-state index contributed by atoms with van der Waals surface area (Å²) in [6.45, 7) is 6.49. The third kappa shape index (κ3) is 2.98. The molecule has 0 aliphatic heterocycles. The Kier molecular flexibility index (Phi) is 5.04. The molecule has 4 aliphatic carbocycles. The number of rotatable bonds is 4. The van der Waals surface area contributed by atoms with Gasteiger partial charge >= 0.3 is 5.97 Å². The molecule has 0 aromatic carbocycles. The molecule has 6 atom stereocenters. The minimum atomic E-state index is -0.287. The van der Waals surface area contributed by atoms with E-state index in [-0.39, 0.29) is 40.5 Å². The Hall–Kier alpha value is -1.45. The second kappa shape index (κ2) is 7.11. The van der Waals surface area contributed by atoms with Crippen LogP contribution in [0, 0.1) is 28.6 Å². The van der Waals surface area contributed by atoms with Crippen LogP contribution < -0.4 is 0 Å². The monoisotopic (exact) mass is 386 g/mol. The number of fused-ring (bicyclic) bond motifs is 5. The number of hydrogen-bond acceptors (Lipinski definition) is 4. The second-order valence-electron chi connectivity index (χ2n) is 10.1. The van der Waals surface area contributed by atoms with Crippen molar-refractivity contribution in [3.8, 4) is 0 Å². The standard InChI is InChI=1S/C24H34O4/c1-4-5-6-21(27)28-16-9-11-23(2)15(13-16)14-19(25)22-17-7-8-20(26)24(17,3)12-10-18(22)23/h14,16-18,22H,4-13H2,1-3H3/t16-,17?,18?,22?,23-,24-/m0/s1. The van der Waals surface area contributed by atoms with Crippen molar-refractivity contribution in [2.75, 3.05) is 0 Å². The van der Waals surface area contributed by atoms with Crippen LogP contribution in [0.15, 0.2) is 11.6 Å². The van der Waals surface area contributed by atoms with Gasteiger partial charge in [-0.3, -0.25) is 14.4 Å². The van der Waals surface area contributed by atoms with Gasteiger partial charge in [0, 0.05) is 30.6 Å². The molecular weight excluding hydrogens is 352 g/mol. The number of ether oxygens (including phenoxy) is 1. The highest BCUT2D eigenvalue weighted by Crippen LogP contribution is 2.63. The molecular formula is C24H34O4. The van der Waals surface area contributed by atoms with E-state index in [1.54, 1.807) is 0 Å². The predicted molar refractivity (Wildman–Crippen MR) is 107 cm³/mol. The highest BCUT2D eigenvalue weighted by Gasteiger charge is 2.61. The number of allylic oxidation sites excluding steroid dienone is 1. The summed E-state index contributed by atoms with van der Waals surface area (Å²) < 4.78 is 5.72. The van der Waals surface area contributed by atoms with Gasteiger partial charge in [-0.1, -0.05) is 32.8 Å². The molecule has 3 fully saturated rings. The summed E-state index contributed by atoms with van der Waals surface area (Å²) in [6, 6.07) is 0. The van der Waals surface area contributed by atoms with Crippen molar-refractivity contribution in [3.05, 3.63) is 11.6 Å². The molecule has 0 saturated heterocycles. The molecule has 0 bridgehead atoms. The fourth-order valence-electron chi connectivity index (χ4n) is 6.81. The van der Waals surface area contributed by atoms with Gasteiger partial charge in [-0.05, 0) is 61.9 Å². The van der Waals surface area contributed by atoms with Crippen LogP contribution in [0.2, 0.25) is 0 Å². The van der Waals surface area contributed by atoms with E-state index in [0.717, 1.165) is 44.9 Å². The topological polar surface area (TPSA) is 60.4 Å². The smallest absolute Gasteiger partial charge is 0.306 e. The van der Waals surface area contributed by atoms with E-state index < -0.39 is 0 Å². The van der Waals surface area contributed by atoms with Gasteiger partial charge in [-0.2, -0.15) is 0 Å². The van der Waals surface area contributed by atoms with E-state index in [4.69, 9.17) is 4.74 Å². The maximum Gasteiger partial charge on any atom is 0.306 e. The molecule has 0 aromatic rings. The number of carbonyl (C=O) groups is 3. The molecule has 0 N–H and O–H groups in total. The minimum absolute atomic E-state index is 0.00241. The first kappa shape index (κ1) is 19.8. The molecule has 0 spiro atoms. The first-order valence-corrected chi connectivity index (χ1v) is 11.3. The van der Waals surface area contributed by atoms with Crippen LogP contribution in [-0.4, -0.2) is 23.6 Å². The van der Waals surface area contributed by atoms with Crippen LogP contribution in [0.1, 0.15) is 85.0 Å². The maximum absolute atomic E-state index is 13.2. The third-order valence-electron chi connectivity index (χ3n) is 8.64. The van der Waals surface area contributed by atoms with E-state index in [2.05, 4.69) is 20.8 Å². The highest BCUT2D eigenvalue weighted by atomic mass is 16.5. The number of hydrogen-bond donors (Lipinski definition) is 0. The summed E-state index contributed by atoms with van der Waals surface area (Å²) in [5, 5.41) is 0. The number of Topliss-reactive ketones (excluding diaryl/α,β-unsaturated/α-hetero) is 1. The molecule has 4 nitrogen and oxygen atoms in total. The summed E-state index contributed by atoms with van der Waals surface area (Å²) in [4.78, 5) is 37.8. The fraction of sp³-hybridized carbons (Fsp3) is 0.792. The average Bonchev–Trinajstić information content (AvgIpc) is 2.96. The number of esters is 1. The number of unbranched alkanes of at least 4 members (excludes halogenated alkanes) is 1. The molecule has 0 radical (unpaired) electrons. The molecule has 0 amide bonds. The summed E-state index contributed by atoms with van der Waals surface area (Å²) in [7, 11) is 0. The summed E-state index contributed by atoms with van der Waals surface area (Å²) >= 11 is 0. The van der Waals surface area contributed by atoms with Gasteiger partial charge in [-0.25, -0.2) is 0 Å². The second-order valence-corrected chi connectivity index (χ2v) is 10.1. The van der Waals surface area contributed by atoms with Gasteiger partial charge in [0.15, 0.2) is 5.78 Å². The Morgan fingerprint density at radius 2 is 1.82 bits per heavy atom. The molecule has 0 aromatic heterocycles. The SMILES string of the molecule is CCCCC(=O)O[C@H]1CC[C@@]2(C)C(=CC(=O)C3C2CC[C@]2(C)C(=O)CCC32)C1. The van der Waals surface area contributed by atoms with Gasteiger partial charge in [0.25, 0.3) is 0 Å². The lowest BCUT2D eigenvalue weighted by atomic mass is 9.48. The van der Waals surface area contributed by atoms with Gasteiger partial charge in [0.1, 0.15) is 11.9 Å². The lowest BCUT2D eigenvalue weighted by Gasteiger charge is -2.56. The average molecular weight is 387 g/mol. The Balaban J connectivity index is 1.54. The van der Waals surface area contributed by atoms with Crippen molar-refractivity contribution < 1.29 is 19.1 Å². The van der Waals surface area contributed by atoms with Crippen molar-refractivity contribution in [2.24, 2.45) is 28.6 Å². The molecule has 28 heavy (non-hydrogen) atoms. The van der Waals surface area contributed by atoms with Crippen LogP contribution in [0.4, 0.5) is 0 Å². The van der Waals surface area contributed by atoms with Crippen LogP contribution in [0.3, 0.4) is 0 Å². The van der Waals surface area contributed by atoms with Gasteiger partial charge in [0.05, 0.1) is 0 Å². The summed E-state index contributed by atoms with van der Waals surface area (Å²) in [6.07, 6.45) is 10.1. The lowest BCUT2D eigenvalue weighted by molar-refractivity contribution is -0.152. The zero-order valence-electron chi connectivity index (χ0n) is 17.6. The Morgan fingerprint density at radius 1 is 1.11 bits per heavy atom. The quantitative estimate of drug-likeness (QED) is 0.651. The van der Waals surface area contributed by atoms with E-state index >= 15 is 0 Å². The van der Waals surface area contributed by atoms with Crippen LogP contribution >= 0.6 is 0 Å². The highest BCUT2D eigenvalue weighted by molar-refractivity contribution is 5.96. The van der Waals surface area contributed by atoms with Crippen molar-refractivity contribution in [2.45, 2.75) is 91.1 Å². The van der Waals surface area contributed by atoms with E-state index in [1.807, 2.05) is 6.08 Å². The lowest BCUT2D eigenvalue weighted by Crippen LogP contribution is -2.53. The van der Waals surface area contributed by atoms with Crippen molar-refractivity contribution in [1.82, 2.24) is 0 Å². The van der Waals surface area contributed by atoms with Gasteiger partial charge in [-0.15, -0.1) is 0 Å². The zero-order chi connectivity index (χ0) is 20.1. The Bertz CT molecular complexity index is 722. The van der Waals surface area contributed by atoms with Crippen molar-refractivity contribution >= 4 is 17.5 Å². The summed E-state index contributed by atoms with van der Waals surface area (Å²) in [5.74, 6) is 1.04. The zero-order valence-corrected chi connectivity index (χ0v) is 17.6. The Labute approximate surface area is 168 Å². The van der Waals surface area contributed by atoms with Gasteiger partial charge < -0.3 is 4.74 Å². The molecule has 154 valence electrons. The fourth-order valence-corrected chi connectivity index (χ4v) is 6.81. The number of carbonyl (C=O) groups excluding carboxylic acids is 3. The normalized spacial score (nSPS) is 42.3. The van der Waals surface area contributed by atoms with E-state index in [0.29, 0.717) is 31.0 Å². The van der Waals surface area contributed by atoms with E-state index in [9.17, 15) is 14.4 Å². The van der Waals surface area contributed by atoms with E-state index in [1.165, 1.54) is 5.57 Å². The minimum Gasteiger partial charge on any atom is -0.462 e. The molecule has 4 rings (SSSR count). The largest absolute Gasteiger partial charge is 0.462 e. The molecule has 3 saturated carbocycles. The third-order valence-corrected chi connectivity index (χ3v) is 8.64. The van der Waals surface area contributed by atoms with Crippen LogP contribution in [-0.2, 0) is 19.1 Å². The van der Waals surface area contributed by atoms with Gasteiger partial charge in [0.2, 0.25) is 0 Å². The van der Waals surface area contributed by atoms with Crippen LogP contribution in [0.5, 0.6) is 0 Å². The Morgan fingerprint density at radius 3 is 2.57 bits per heavy atom. The summed E-state index contributed by atoms with van der Waals surface area (Å²) in [5.41, 5.74) is 0.911. The predicted octanol–water partition coefficient (Wildman–Crippen LogP) is 4.80. The molecule has 4 heteroatoms. The molecule has 3 unspecified atom stereocenters. The molecule has 4 aliphatic rings. The van der Waals surface area contributed by atoms with Crippen LogP contribution in [0.25, 0.3) is 0 Å². The first-order valence-electron chi connectivity index (χ1n) is 11.3.